The Bertz CT molecular complexity index is 982. The number of hydrogen-bond acceptors (Lipinski definition) is 3. The molecule has 0 amide bonds. The number of ether oxygens (including phenoxy) is 1. The van der Waals surface area contributed by atoms with Gasteiger partial charge in [0.15, 0.2) is 0 Å². The number of hydrogen-bond donors (Lipinski definition) is 2. The molecule has 3 aliphatic carbocycles. The summed E-state index contributed by atoms with van der Waals surface area (Å²) in [6.07, 6.45) is 3.84. The topological polar surface area (TPSA) is 58.6 Å². The third kappa shape index (κ3) is 4.48. The molecule has 34 heavy (non-hydrogen) atoms. The number of benzene rings is 1. The van der Waals surface area contributed by atoms with Crippen molar-refractivity contribution in [2.24, 2.45) is 11.3 Å². The molecule has 3 unspecified atom stereocenters. The van der Waals surface area contributed by atoms with Crippen LogP contribution in [0.2, 0.25) is 0 Å². The van der Waals surface area contributed by atoms with E-state index in [4.69, 9.17) is 4.74 Å². The van der Waals surface area contributed by atoms with Crippen molar-refractivity contribution in [3.05, 3.63) is 46.2 Å². The number of fused-ring (bicyclic) bond motifs is 2. The van der Waals surface area contributed by atoms with Gasteiger partial charge >= 0.3 is 12.1 Å². The summed E-state index contributed by atoms with van der Waals surface area (Å²) in [4.78, 5) is 11.4. The SMILES string of the molecule is C[C@]1(CC(=O)O)CCC2=C1NC1CCC(OCc3ccc(C4CCCC4)c(C(F)(F)F)c3)CC21. The van der Waals surface area contributed by atoms with Gasteiger partial charge < -0.3 is 15.2 Å². The molecule has 1 aromatic rings. The Hall–Kier alpha value is -2.02. The fourth-order valence-electron chi connectivity index (χ4n) is 6.97. The molecule has 2 saturated carbocycles. The van der Waals surface area contributed by atoms with Gasteiger partial charge in [0.2, 0.25) is 0 Å². The van der Waals surface area contributed by atoms with Crippen LogP contribution in [0.25, 0.3) is 0 Å². The van der Waals surface area contributed by atoms with Gasteiger partial charge in [0.05, 0.1) is 24.7 Å². The Kier molecular flexibility index (Phi) is 6.20. The molecule has 0 spiro atoms. The Morgan fingerprint density at radius 1 is 1.21 bits per heavy atom. The molecule has 5 rings (SSSR count). The van der Waals surface area contributed by atoms with E-state index in [2.05, 4.69) is 5.32 Å². The third-order valence-electron chi connectivity index (χ3n) is 8.70. The number of carboxylic acid groups (broad SMARTS) is 1. The normalized spacial score (nSPS) is 31.5. The smallest absolute Gasteiger partial charge is 0.416 e. The summed E-state index contributed by atoms with van der Waals surface area (Å²) in [5.74, 6) is -0.427. The summed E-state index contributed by atoms with van der Waals surface area (Å²) in [6, 6.07) is 5.10. The second-order valence-electron chi connectivity index (χ2n) is 11.0. The van der Waals surface area contributed by atoms with Crippen LogP contribution >= 0.6 is 0 Å². The first kappa shape index (κ1) is 23.7. The minimum Gasteiger partial charge on any atom is -0.481 e. The predicted molar refractivity (Wildman–Crippen MR) is 122 cm³/mol. The van der Waals surface area contributed by atoms with Gasteiger partial charge in [-0.3, -0.25) is 4.79 Å². The first-order chi connectivity index (χ1) is 16.1. The molecular formula is C27H34F3NO3. The molecule has 1 aromatic carbocycles. The Balaban J connectivity index is 1.25. The fourth-order valence-corrected chi connectivity index (χ4v) is 6.97. The van der Waals surface area contributed by atoms with Crippen molar-refractivity contribution < 1.29 is 27.8 Å². The predicted octanol–water partition coefficient (Wildman–Crippen LogP) is 6.55. The minimum atomic E-state index is -4.35. The fraction of sp³-hybridized carbons (Fsp3) is 0.667. The molecule has 2 fully saturated rings. The Morgan fingerprint density at radius 2 is 1.97 bits per heavy atom. The van der Waals surface area contributed by atoms with Gasteiger partial charge in [-0.05, 0) is 73.6 Å². The van der Waals surface area contributed by atoms with Crippen LogP contribution in [0.5, 0.6) is 0 Å². The lowest BCUT2D eigenvalue weighted by molar-refractivity contribution is -0.139. The van der Waals surface area contributed by atoms with Crippen LogP contribution < -0.4 is 5.32 Å². The maximum absolute atomic E-state index is 13.8. The van der Waals surface area contributed by atoms with Gasteiger partial charge in [0.25, 0.3) is 0 Å². The molecule has 1 heterocycles. The van der Waals surface area contributed by atoms with Gasteiger partial charge in [-0.1, -0.05) is 31.9 Å². The van der Waals surface area contributed by atoms with E-state index in [1.807, 2.05) is 6.92 Å². The number of allylic oxidation sites excluding steroid dienone is 1. The monoisotopic (exact) mass is 477 g/mol. The highest BCUT2D eigenvalue weighted by Gasteiger charge is 2.49. The highest BCUT2D eigenvalue weighted by molar-refractivity contribution is 5.69. The van der Waals surface area contributed by atoms with E-state index in [0.717, 1.165) is 63.5 Å². The molecule has 0 saturated heterocycles. The highest BCUT2D eigenvalue weighted by Crippen LogP contribution is 2.53. The highest BCUT2D eigenvalue weighted by atomic mass is 19.4. The molecule has 0 radical (unpaired) electrons. The van der Waals surface area contributed by atoms with E-state index in [1.54, 1.807) is 12.1 Å². The van der Waals surface area contributed by atoms with Gasteiger partial charge in [-0.25, -0.2) is 0 Å². The summed E-state index contributed by atoms with van der Waals surface area (Å²) >= 11 is 0. The van der Waals surface area contributed by atoms with Crippen molar-refractivity contribution in [3.8, 4) is 0 Å². The lowest BCUT2D eigenvalue weighted by Gasteiger charge is -2.35. The van der Waals surface area contributed by atoms with E-state index in [9.17, 15) is 23.1 Å². The number of alkyl halides is 3. The first-order valence-electron chi connectivity index (χ1n) is 12.7. The van der Waals surface area contributed by atoms with Crippen LogP contribution in [0.4, 0.5) is 13.2 Å². The second-order valence-corrected chi connectivity index (χ2v) is 11.0. The summed E-state index contributed by atoms with van der Waals surface area (Å²) in [7, 11) is 0. The van der Waals surface area contributed by atoms with Crippen molar-refractivity contribution >= 4 is 5.97 Å². The molecule has 4 atom stereocenters. The zero-order valence-corrected chi connectivity index (χ0v) is 19.7. The summed E-state index contributed by atoms with van der Waals surface area (Å²) in [5.41, 5.74) is 2.67. The molecule has 4 nitrogen and oxygen atoms in total. The quantitative estimate of drug-likeness (QED) is 0.488. The molecule has 186 valence electrons. The number of nitrogens with one attached hydrogen (secondary N) is 1. The van der Waals surface area contributed by atoms with Gasteiger partial charge in [0.1, 0.15) is 0 Å². The van der Waals surface area contributed by atoms with Crippen LogP contribution in [0.1, 0.15) is 93.7 Å². The minimum absolute atomic E-state index is 0.00470. The third-order valence-corrected chi connectivity index (χ3v) is 8.70. The maximum atomic E-state index is 13.8. The van der Waals surface area contributed by atoms with Crippen LogP contribution in [0.15, 0.2) is 29.5 Å². The van der Waals surface area contributed by atoms with Crippen molar-refractivity contribution in [2.75, 3.05) is 0 Å². The first-order valence-corrected chi connectivity index (χ1v) is 12.7. The molecule has 4 aliphatic rings. The van der Waals surface area contributed by atoms with Crippen LogP contribution in [-0.4, -0.2) is 23.2 Å². The van der Waals surface area contributed by atoms with Crippen molar-refractivity contribution in [1.29, 1.82) is 0 Å². The zero-order valence-electron chi connectivity index (χ0n) is 19.7. The second kappa shape index (κ2) is 8.89. The largest absolute Gasteiger partial charge is 0.481 e. The number of carbonyl (C=O) groups is 1. The van der Waals surface area contributed by atoms with E-state index < -0.39 is 17.7 Å². The number of rotatable bonds is 6. The van der Waals surface area contributed by atoms with Crippen molar-refractivity contribution in [2.45, 2.75) is 102 Å². The van der Waals surface area contributed by atoms with Crippen LogP contribution in [0, 0.1) is 11.3 Å². The van der Waals surface area contributed by atoms with Crippen LogP contribution in [-0.2, 0) is 22.3 Å². The summed E-state index contributed by atoms with van der Waals surface area (Å²) < 4.78 is 47.6. The molecule has 0 bridgehead atoms. The van der Waals surface area contributed by atoms with Crippen LogP contribution in [0.3, 0.4) is 0 Å². The number of carboxylic acids is 1. The standard InChI is InChI=1S/C27H34F3NO3/c1-26(14-24(32)33)11-10-20-21-13-18(7-9-23(21)31-25(20)26)34-15-16-6-8-19(17-4-2-3-5-17)22(12-16)27(28,29)30/h6,8,12,17-18,21,23,31H,2-5,7,9-11,13-15H2,1H3,(H,32,33)/t18?,21?,23?,26-/m1/s1. The van der Waals surface area contributed by atoms with Gasteiger partial charge in [-0.2, -0.15) is 13.2 Å². The van der Waals surface area contributed by atoms with E-state index in [1.165, 1.54) is 11.6 Å². The Labute approximate surface area is 198 Å². The Morgan fingerprint density at radius 3 is 2.68 bits per heavy atom. The van der Waals surface area contributed by atoms with E-state index >= 15 is 0 Å². The average Bonchev–Trinajstić information content (AvgIpc) is 3.49. The van der Waals surface area contributed by atoms with E-state index in [0.29, 0.717) is 23.1 Å². The van der Waals surface area contributed by atoms with Crippen molar-refractivity contribution in [3.63, 3.8) is 0 Å². The van der Waals surface area contributed by atoms with Gasteiger partial charge in [-0.15, -0.1) is 0 Å². The average molecular weight is 478 g/mol. The molecular weight excluding hydrogens is 443 g/mol. The summed E-state index contributed by atoms with van der Waals surface area (Å²) in [6.45, 7) is 2.22. The lowest BCUT2D eigenvalue weighted by atomic mass is 9.80. The number of aliphatic carboxylic acids is 1. The number of halogens is 3. The van der Waals surface area contributed by atoms with Crippen molar-refractivity contribution in [1.82, 2.24) is 5.32 Å². The molecule has 0 aromatic heterocycles. The summed E-state index contributed by atoms with van der Waals surface area (Å²) in [5, 5.41) is 13.0. The van der Waals surface area contributed by atoms with E-state index in [-0.39, 0.29) is 30.5 Å². The zero-order chi connectivity index (χ0) is 24.1. The van der Waals surface area contributed by atoms with Gasteiger partial charge in [0, 0.05) is 23.1 Å². The molecule has 7 heteroatoms. The molecule has 1 aliphatic heterocycles. The molecule has 2 N–H and O–H groups in total. The maximum Gasteiger partial charge on any atom is 0.416 e. The lowest BCUT2D eigenvalue weighted by Crippen LogP contribution is -2.40.